The van der Waals surface area contributed by atoms with Gasteiger partial charge in [-0.2, -0.15) is 18.3 Å². The highest BCUT2D eigenvalue weighted by Gasteiger charge is 2.36. The molecule has 1 aliphatic rings. The minimum Gasteiger partial charge on any atom is -0.495 e. The van der Waals surface area contributed by atoms with Crippen molar-refractivity contribution in [1.82, 2.24) is 20.4 Å². The molecule has 2 heterocycles. The lowest BCUT2D eigenvalue weighted by atomic mass is 10.2. The molecule has 3 rings (SSSR count). The second kappa shape index (κ2) is 10.6. The zero-order valence-electron chi connectivity index (χ0n) is 17.3. The monoisotopic (exact) mass is 572 g/mol. The number of guanidine groups is 1. The van der Waals surface area contributed by atoms with Crippen LogP contribution in [0, 0.1) is 0 Å². The standard InChI is InChI=1S/C19H24ClF3N6O.HI/c1-24-18(25-9-12-10-28(2)27-17(12)19(21,22)23)26-14-6-7-29(11-14)15-8-13(20)4-5-16(15)30-3;/h4-5,8,10,14H,6-7,9,11H2,1-3H3,(H2,24,25,26);1H. The van der Waals surface area contributed by atoms with Gasteiger partial charge in [0.25, 0.3) is 0 Å². The normalized spacial score (nSPS) is 16.8. The molecule has 1 saturated heterocycles. The maximum absolute atomic E-state index is 13.1. The molecule has 0 spiro atoms. The molecule has 0 aliphatic carbocycles. The number of aliphatic imine (C=N–C) groups is 1. The maximum atomic E-state index is 13.1. The van der Waals surface area contributed by atoms with E-state index in [0.29, 0.717) is 17.5 Å². The van der Waals surface area contributed by atoms with Crippen LogP contribution in [0.3, 0.4) is 0 Å². The average molecular weight is 573 g/mol. The Morgan fingerprint density at radius 3 is 2.77 bits per heavy atom. The number of hydrogen-bond donors (Lipinski definition) is 2. The fourth-order valence-corrected chi connectivity index (χ4v) is 3.65. The van der Waals surface area contributed by atoms with E-state index >= 15 is 0 Å². The fraction of sp³-hybridized carbons (Fsp3) is 0.474. The van der Waals surface area contributed by atoms with Gasteiger partial charge in [0.1, 0.15) is 5.75 Å². The second-order valence-electron chi connectivity index (χ2n) is 6.99. The van der Waals surface area contributed by atoms with E-state index in [0.717, 1.165) is 29.1 Å². The third kappa shape index (κ3) is 6.31. The molecule has 172 valence electrons. The summed E-state index contributed by atoms with van der Waals surface area (Å²) in [5.74, 6) is 1.16. The number of alkyl halides is 3. The summed E-state index contributed by atoms with van der Waals surface area (Å²) in [6, 6.07) is 5.52. The number of ether oxygens (including phenoxy) is 1. The van der Waals surface area contributed by atoms with Crippen LogP contribution in [0.25, 0.3) is 0 Å². The van der Waals surface area contributed by atoms with Gasteiger partial charge in [-0.05, 0) is 24.6 Å². The van der Waals surface area contributed by atoms with Crippen molar-refractivity contribution in [1.29, 1.82) is 0 Å². The van der Waals surface area contributed by atoms with Gasteiger partial charge in [0.05, 0.1) is 12.8 Å². The molecule has 12 heteroatoms. The zero-order valence-corrected chi connectivity index (χ0v) is 20.4. The third-order valence-electron chi connectivity index (χ3n) is 4.85. The summed E-state index contributed by atoms with van der Waals surface area (Å²) in [5.41, 5.74) is 0.0696. The number of halogens is 5. The highest BCUT2D eigenvalue weighted by Crippen LogP contribution is 2.33. The summed E-state index contributed by atoms with van der Waals surface area (Å²) in [7, 11) is 4.65. The van der Waals surface area contributed by atoms with Gasteiger partial charge in [-0.15, -0.1) is 24.0 Å². The lowest BCUT2D eigenvalue weighted by Crippen LogP contribution is -2.44. The molecule has 0 saturated carbocycles. The number of nitrogens with one attached hydrogen (secondary N) is 2. The Balaban J connectivity index is 0.00000341. The molecule has 0 amide bonds. The largest absolute Gasteiger partial charge is 0.495 e. The van der Waals surface area contributed by atoms with Crippen molar-refractivity contribution in [3.05, 3.63) is 40.7 Å². The van der Waals surface area contributed by atoms with E-state index in [-0.39, 0.29) is 42.1 Å². The summed E-state index contributed by atoms with van der Waals surface area (Å²) in [6.45, 7) is 1.42. The Morgan fingerprint density at radius 1 is 1.39 bits per heavy atom. The van der Waals surface area contributed by atoms with E-state index in [1.54, 1.807) is 20.2 Å². The van der Waals surface area contributed by atoms with Gasteiger partial charge in [0.2, 0.25) is 0 Å². The minimum atomic E-state index is -4.50. The first kappa shape index (κ1) is 25.4. The first-order valence-electron chi connectivity index (χ1n) is 9.36. The second-order valence-corrected chi connectivity index (χ2v) is 7.43. The third-order valence-corrected chi connectivity index (χ3v) is 5.09. The quantitative estimate of drug-likeness (QED) is 0.325. The van der Waals surface area contributed by atoms with E-state index in [1.807, 2.05) is 12.1 Å². The lowest BCUT2D eigenvalue weighted by molar-refractivity contribution is -0.142. The van der Waals surface area contributed by atoms with Crippen molar-refractivity contribution in [2.24, 2.45) is 12.0 Å². The van der Waals surface area contributed by atoms with Crippen molar-refractivity contribution in [3.8, 4) is 5.75 Å². The molecule has 1 aromatic carbocycles. The number of aromatic nitrogens is 2. The van der Waals surface area contributed by atoms with Crippen molar-refractivity contribution >= 4 is 47.2 Å². The zero-order chi connectivity index (χ0) is 21.9. The van der Waals surface area contributed by atoms with Gasteiger partial charge in [-0.25, -0.2) is 0 Å². The van der Waals surface area contributed by atoms with Crippen LogP contribution in [0.4, 0.5) is 18.9 Å². The molecule has 1 atom stereocenters. The summed E-state index contributed by atoms with van der Waals surface area (Å²) < 4.78 is 45.9. The van der Waals surface area contributed by atoms with Gasteiger partial charge < -0.3 is 20.3 Å². The average Bonchev–Trinajstić information content (AvgIpc) is 3.31. The van der Waals surface area contributed by atoms with Crippen LogP contribution >= 0.6 is 35.6 Å². The maximum Gasteiger partial charge on any atom is 0.435 e. The summed E-state index contributed by atoms with van der Waals surface area (Å²) >= 11 is 6.13. The van der Waals surface area contributed by atoms with Crippen LogP contribution in [-0.4, -0.2) is 49.0 Å². The molecule has 1 fully saturated rings. The van der Waals surface area contributed by atoms with E-state index in [2.05, 4.69) is 25.6 Å². The van der Waals surface area contributed by atoms with Crippen molar-refractivity contribution in [3.63, 3.8) is 0 Å². The number of nitrogens with zero attached hydrogens (tertiary/aromatic N) is 4. The SMILES string of the molecule is CN=C(NCc1cn(C)nc1C(F)(F)F)NC1CCN(c2cc(Cl)ccc2OC)C1.I. The smallest absolute Gasteiger partial charge is 0.435 e. The van der Waals surface area contributed by atoms with Crippen molar-refractivity contribution in [2.75, 3.05) is 32.1 Å². The Kier molecular flexibility index (Phi) is 8.69. The molecule has 7 nitrogen and oxygen atoms in total. The van der Waals surface area contributed by atoms with Crippen LogP contribution < -0.4 is 20.3 Å². The lowest BCUT2D eigenvalue weighted by Gasteiger charge is -2.22. The van der Waals surface area contributed by atoms with Gasteiger partial charge >= 0.3 is 6.18 Å². The Labute approximate surface area is 201 Å². The minimum absolute atomic E-state index is 0. The first-order chi connectivity index (χ1) is 14.2. The molecular formula is C19H25ClF3IN6O. The van der Waals surface area contributed by atoms with Crippen molar-refractivity contribution < 1.29 is 17.9 Å². The number of hydrogen-bond acceptors (Lipinski definition) is 4. The first-order valence-corrected chi connectivity index (χ1v) is 9.74. The molecule has 1 aliphatic heterocycles. The molecular weight excluding hydrogens is 548 g/mol. The predicted molar refractivity (Wildman–Crippen MR) is 126 cm³/mol. The number of rotatable bonds is 5. The van der Waals surface area contributed by atoms with Crippen LogP contribution in [-0.2, 0) is 19.8 Å². The molecule has 1 aromatic heterocycles. The van der Waals surface area contributed by atoms with Crippen molar-refractivity contribution in [2.45, 2.75) is 25.2 Å². The highest BCUT2D eigenvalue weighted by molar-refractivity contribution is 14.0. The number of anilines is 1. The molecule has 2 N–H and O–H groups in total. The topological polar surface area (TPSA) is 66.7 Å². The van der Waals surface area contributed by atoms with Gasteiger partial charge in [-0.1, -0.05) is 11.6 Å². The molecule has 0 radical (unpaired) electrons. The number of aryl methyl sites for hydroxylation is 1. The number of methoxy groups -OCH3 is 1. The van der Waals surface area contributed by atoms with E-state index in [1.165, 1.54) is 13.2 Å². The summed E-state index contributed by atoms with van der Waals surface area (Å²) in [4.78, 5) is 6.28. The Morgan fingerprint density at radius 2 is 2.13 bits per heavy atom. The van der Waals surface area contributed by atoms with E-state index in [9.17, 15) is 13.2 Å². The van der Waals surface area contributed by atoms with Gasteiger partial charge in [0, 0.05) is 56.6 Å². The van der Waals surface area contributed by atoms with E-state index in [4.69, 9.17) is 16.3 Å². The molecule has 31 heavy (non-hydrogen) atoms. The summed E-state index contributed by atoms with van der Waals surface area (Å²) in [5, 5.41) is 10.4. The molecule has 2 aromatic rings. The van der Waals surface area contributed by atoms with E-state index < -0.39 is 11.9 Å². The van der Waals surface area contributed by atoms with Crippen LogP contribution in [0.2, 0.25) is 5.02 Å². The van der Waals surface area contributed by atoms with Gasteiger partial charge in [-0.3, -0.25) is 9.67 Å². The van der Waals surface area contributed by atoms with Crippen LogP contribution in [0.5, 0.6) is 5.75 Å². The Hall–Kier alpha value is -1.89. The summed E-state index contributed by atoms with van der Waals surface area (Å²) in [6.07, 6.45) is -2.32. The Bertz CT molecular complexity index is 921. The predicted octanol–water partition coefficient (Wildman–Crippen LogP) is 3.66. The molecule has 0 bridgehead atoms. The molecule has 1 unspecified atom stereocenters. The van der Waals surface area contributed by atoms with Crippen LogP contribution in [0.1, 0.15) is 17.7 Å². The highest BCUT2D eigenvalue weighted by atomic mass is 127. The fourth-order valence-electron chi connectivity index (χ4n) is 3.48. The van der Waals surface area contributed by atoms with Gasteiger partial charge in [0.15, 0.2) is 11.7 Å². The van der Waals surface area contributed by atoms with Crippen LogP contribution in [0.15, 0.2) is 29.4 Å². The number of benzene rings is 1.